The first-order valence-electron chi connectivity index (χ1n) is 12.8. The lowest BCUT2D eigenvalue weighted by Crippen LogP contribution is -2.45. The molecule has 8 heteroatoms. The lowest BCUT2D eigenvalue weighted by molar-refractivity contribution is 0.187. The van der Waals surface area contributed by atoms with Crippen molar-refractivity contribution in [1.82, 2.24) is 20.2 Å². The third kappa shape index (κ3) is 4.53. The summed E-state index contributed by atoms with van der Waals surface area (Å²) in [4.78, 5) is 17.1. The van der Waals surface area contributed by atoms with Crippen LogP contribution in [0.3, 0.4) is 0 Å². The van der Waals surface area contributed by atoms with Gasteiger partial charge in [0, 0.05) is 55.4 Å². The Balaban J connectivity index is 1.33. The molecule has 4 heterocycles. The second kappa shape index (κ2) is 9.80. The standard InChI is InChI=1S/C27H33ClN6O/c1-32-13-4-7-20(32)18-35-27-30-23-17-34(24-9-3-6-19-5-2-8-22(28)25(19)24)14-10-21(23)26(31-27)33-15-11-29-12-16-33/h2-3,5-6,8-9,20,29H,4,7,10-18H2,1H3/t20-/m1/s1. The number of hydrogen-bond acceptors (Lipinski definition) is 7. The first-order chi connectivity index (χ1) is 17.2. The van der Waals surface area contributed by atoms with Crippen LogP contribution in [0.1, 0.15) is 24.1 Å². The fourth-order valence-electron chi connectivity index (χ4n) is 5.70. The molecule has 184 valence electrons. The Hall–Kier alpha value is -2.61. The van der Waals surface area contributed by atoms with Crippen LogP contribution >= 0.6 is 11.6 Å². The van der Waals surface area contributed by atoms with Crippen molar-refractivity contribution >= 4 is 33.9 Å². The summed E-state index contributed by atoms with van der Waals surface area (Å²) in [7, 11) is 2.17. The van der Waals surface area contributed by atoms with Crippen LogP contribution in [0, 0.1) is 0 Å². The van der Waals surface area contributed by atoms with Gasteiger partial charge in [-0.2, -0.15) is 9.97 Å². The number of hydrogen-bond donors (Lipinski definition) is 1. The molecular weight excluding hydrogens is 460 g/mol. The van der Waals surface area contributed by atoms with E-state index in [2.05, 4.69) is 51.3 Å². The van der Waals surface area contributed by atoms with E-state index in [1.54, 1.807) is 0 Å². The average molecular weight is 493 g/mol. The summed E-state index contributed by atoms with van der Waals surface area (Å²) in [6.07, 6.45) is 3.30. The van der Waals surface area contributed by atoms with Crippen molar-refractivity contribution in [2.24, 2.45) is 0 Å². The molecule has 2 fully saturated rings. The van der Waals surface area contributed by atoms with Crippen molar-refractivity contribution in [3.8, 4) is 6.01 Å². The summed E-state index contributed by atoms with van der Waals surface area (Å²) in [6.45, 7) is 7.26. The van der Waals surface area contributed by atoms with Gasteiger partial charge >= 0.3 is 6.01 Å². The van der Waals surface area contributed by atoms with Crippen LogP contribution < -0.4 is 19.9 Å². The monoisotopic (exact) mass is 492 g/mol. The highest BCUT2D eigenvalue weighted by molar-refractivity contribution is 6.36. The maximum absolute atomic E-state index is 6.66. The minimum absolute atomic E-state index is 0.437. The number of piperazine rings is 1. The molecule has 0 aliphatic carbocycles. The normalized spacial score (nSPS) is 20.9. The molecule has 2 saturated heterocycles. The van der Waals surface area contributed by atoms with Gasteiger partial charge in [0.1, 0.15) is 12.4 Å². The fraction of sp³-hybridized carbons (Fsp3) is 0.481. The first-order valence-corrected chi connectivity index (χ1v) is 13.2. The zero-order chi connectivity index (χ0) is 23.8. The van der Waals surface area contributed by atoms with Gasteiger partial charge in [-0.1, -0.05) is 35.9 Å². The summed E-state index contributed by atoms with van der Waals surface area (Å²) >= 11 is 6.66. The number of ether oxygens (including phenoxy) is 1. The second-order valence-electron chi connectivity index (χ2n) is 9.87. The molecule has 0 amide bonds. The molecule has 1 atom stereocenters. The Labute approximate surface area is 212 Å². The third-order valence-electron chi connectivity index (χ3n) is 7.69. The number of halogens is 1. The zero-order valence-electron chi connectivity index (χ0n) is 20.3. The van der Waals surface area contributed by atoms with Gasteiger partial charge in [0.05, 0.1) is 17.3 Å². The molecule has 2 aromatic carbocycles. The van der Waals surface area contributed by atoms with E-state index >= 15 is 0 Å². The van der Waals surface area contributed by atoms with Gasteiger partial charge in [-0.15, -0.1) is 0 Å². The van der Waals surface area contributed by atoms with Crippen LogP contribution in [-0.2, 0) is 13.0 Å². The smallest absolute Gasteiger partial charge is 0.318 e. The molecule has 0 bridgehead atoms. The molecule has 1 N–H and O–H groups in total. The Morgan fingerprint density at radius 3 is 2.66 bits per heavy atom. The second-order valence-corrected chi connectivity index (χ2v) is 10.3. The molecule has 7 nitrogen and oxygen atoms in total. The highest BCUT2D eigenvalue weighted by atomic mass is 35.5. The van der Waals surface area contributed by atoms with Crippen molar-refractivity contribution in [3.05, 3.63) is 52.7 Å². The third-order valence-corrected chi connectivity index (χ3v) is 8.00. The highest BCUT2D eigenvalue weighted by Crippen LogP contribution is 2.37. The van der Waals surface area contributed by atoms with Gasteiger partial charge in [-0.3, -0.25) is 0 Å². The van der Waals surface area contributed by atoms with Crippen molar-refractivity contribution in [3.63, 3.8) is 0 Å². The molecule has 3 aliphatic heterocycles. The van der Waals surface area contributed by atoms with Crippen molar-refractivity contribution in [1.29, 1.82) is 0 Å². The van der Waals surface area contributed by atoms with Gasteiger partial charge in [0.2, 0.25) is 0 Å². The predicted molar refractivity (Wildman–Crippen MR) is 142 cm³/mol. The molecule has 35 heavy (non-hydrogen) atoms. The van der Waals surface area contributed by atoms with Crippen LogP contribution in [0.2, 0.25) is 5.02 Å². The topological polar surface area (TPSA) is 56.8 Å². The quantitative estimate of drug-likeness (QED) is 0.582. The number of benzene rings is 2. The number of likely N-dealkylation sites (N-methyl/N-ethyl adjacent to an activating group) is 1. The number of fused-ring (bicyclic) bond motifs is 2. The van der Waals surface area contributed by atoms with E-state index in [-0.39, 0.29) is 0 Å². The average Bonchev–Trinajstić information content (AvgIpc) is 3.31. The minimum atomic E-state index is 0.437. The SMILES string of the molecule is CN1CCC[C@@H]1COc1nc2c(c(N3CCNCC3)n1)CCN(c1cccc3cccc(Cl)c13)C2. The van der Waals surface area contributed by atoms with E-state index in [9.17, 15) is 0 Å². The Morgan fingerprint density at radius 1 is 1.03 bits per heavy atom. The van der Waals surface area contributed by atoms with E-state index < -0.39 is 0 Å². The van der Waals surface area contributed by atoms with Gasteiger partial charge < -0.3 is 24.8 Å². The molecule has 0 radical (unpaired) electrons. The van der Waals surface area contributed by atoms with Crippen molar-refractivity contribution in [2.75, 3.05) is 62.7 Å². The van der Waals surface area contributed by atoms with E-state index in [4.69, 9.17) is 26.3 Å². The van der Waals surface area contributed by atoms with Crippen molar-refractivity contribution < 1.29 is 4.74 Å². The lowest BCUT2D eigenvalue weighted by Gasteiger charge is -2.35. The Bertz CT molecular complexity index is 1210. The number of nitrogens with one attached hydrogen (secondary N) is 1. The summed E-state index contributed by atoms with van der Waals surface area (Å²) in [5.41, 5.74) is 3.49. The molecule has 0 unspecified atom stereocenters. The molecule has 3 aliphatic rings. The maximum Gasteiger partial charge on any atom is 0.318 e. The van der Waals surface area contributed by atoms with Crippen LogP contribution in [0.5, 0.6) is 6.01 Å². The molecule has 3 aromatic rings. The lowest BCUT2D eigenvalue weighted by atomic mass is 10.0. The fourth-order valence-corrected chi connectivity index (χ4v) is 5.98. The van der Waals surface area contributed by atoms with Crippen LogP contribution in [0.25, 0.3) is 10.8 Å². The van der Waals surface area contributed by atoms with E-state index in [0.717, 1.165) is 85.2 Å². The molecular formula is C27H33ClN6O. The number of rotatable bonds is 5. The maximum atomic E-state index is 6.66. The van der Waals surface area contributed by atoms with Crippen LogP contribution in [0.4, 0.5) is 11.5 Å². The summed E-state index contributed by atoms with van der Waals surface area (Å²) in [6, 6.07) is 13.5. The number of anilines is 2. The van der Waals surface area contributed by atoms with E-state index in [1.165, 1.54) is 18.4 Å². The number of likely N-dealkylation sites (tertiary alicyclic amines) is 1. The minimum Gasteiger partial charge on any atom is -0.462 e. The van der Waals surface area contributed by atoms with Gasteiger partial charge in [0.15, 0.2) is 0 Å². The Kier molecular flexibility index (Phi) is 6.39. The summed E-state index contributed by atoms with van der Waals surface area (Å²) in [5.74, 6) is 1.06. The summed E-state index contributed by atoms with van der Waals surface area (Å²) < 4.78 is 6.24. The molecule has 6 rings (SSSR count). The number of aromatic nitrogens is 2. The van der Waals surface area contributed by atoms with Gasteiger partial charge in [-0.25, -0.2) is 0 Å². The largest absolute Gasteiger partial charge is 0.462 e. The highest BCUT2D eigenvalue weighted by Gasteiger charge is 2.28. The Morgan fingerprint density at radius 2 is 1.86 bits per heavy atom. The number of nitrogens with zero attached hydrogens (tertiary/aromatic N) is 5. The summed E-state index contributed by atoms with van der Waals surface area (Å²) in [5, 5.41) is 6.51. The van der Waals surface area contributed by atoms with E-state index in [0.29, 0.717) is 18.7 Å². The van der Waals surface area contributed by atoms with Crippen LogP contribution in [-0.4, -0.2) is 73.8 Å². The predicted octanol–water partition coefficient (Wildman–Crippen LogP) is 3.73. The van der Waals surface area contributed by atoms with Crippen molar-refractivity contribution in [2.45, 2.75) is 31.8 Å². The van der Waals surface area contributed by atoms with Gasteiger partial charge in [-0.05, 0) is 50.4 Å². The molecule has 1 aromatic heterocycles. The first kappa shape index (κ1) is 22.8. The molecule has 0 saturated carbocycles. The van der Waals surface area contributed by atoms with Crippen LogP contribution in [0.15, 0.2) is 36.4 Å². The molecule has 0 spiro atoms. The zero-order valence-corrected chi connectivity index (χ0v) is 21.1. The van der Waals surface area contributed by atoms with Gasteiger partial charge in [0.25, 0.3) is 0 Å². The van der Waals surface area contributed by atoms with E-state index in [1.807, 2.05) is 12.1 Å².